The van der Waals surface area contributed by atoms with Gasteiger partial charge in [0.15, 0.2) is 10.9 Å². The molecule has 2 rings (SSSR count). The largest absolute Gasteiger partial charge is 0.287 e. The molecule has 0 saturated heterocycles. The molecule has 0 radical (unpaired) electrons. The second-order valence-corrected chi connectivity index (χ2v) is 4.04. The first-order chi connectivity index (χ1) is 7.74. The predicted octanol–water partition coefficient (Wildman–Crippen LogP) is 1.56. The minimum atomic E-state index is -0.120. The summed E-state index contributed by atoms with van der Waals surface area (Å²) in [6, 6.07) is 9.35. The summed E-state index contributed by atoms with van der Waals surface area (Å²) in [6.45, 7) is 0. The molecule has 2 aromatic rings. The molecule has 0 spiro atoms. The Morgan fingerprint density at radius 3 is 2.50 bits per heavy atom. The average molecular weight is 233 g/mol. The highest BCUT2D eigenvalue weighted by Gasteiger charge is 2.09. The zero-order valence-corrected chi connectivity index (χ0v) is 9.86. The van der Waals surface area contributed by atoms with Crippen LogP contribution in [0, 0.1) is 0 Å². The zero-order valence-electron chi connectivity index (χ0n) is 9.04. The average Bonchev–Trinajstić information content (AvgIpc) is 2.34. The Hall–Kier alpha value is -1.62. The minimum Gasteiger partial charge on any atom is -0.287 e. The van der Waals surface area contributed by atoms with Crippen LogP contribution in [0.5, 0.6) is 0 Å². The molecule has 4 nitrogen and oxygen atoms in total. The molecule has 0 atom stereocenters. The van der Waals surface area contributed by atoms with E-state index in [1.54, 1.807) is 7.05 Å². The van der Waals surface area contributed by atoms with Gasteiger partial charge in [0.25, 0.3) is 5.56 Å². The van der Waals surface area contributed by atoms with Crippen LogP contribution in [-0.4, -0.2) is 21.0 Å². The zero-order chi connectivity index (χ0) is 11.5. The Balaban J connectivity index is 2.61. The molecule has 0 amide bonds. The van der Waals surface area contributed by atoms with Gasteiger partial charge in [-0.3, -0.25) is 9.36 Å². The molecular formula is C11H11N3OS. The molecule has 82 valence electrons. The van der Waals surface area contributed by atoms with Gasteiger partial charge in [-0.25, -0.2) is 0 Å². The smallest absolute Gasteiger partial charge is 0.280 e. The maximum atomic E-state index is 12.0. The lowest BCUT2D eigenvalue weighted by atomic mass is 10.2. The number of hydrogen-bond acceptors (Lipinski definition) is 4. The molecule has 0 aliphatic heterocycles. The van der Waals surface area contributed by atoms with Gasteiger partial charge in [0, 0.05) is 12.6 Å². The molecule has 1 aromatic heterocycles. The molecule has 0 N–H and O–H groups in total. The third-order valence-corrected chi connectivity index (χ3v) is 2.98. The maximum Gasteiger partial charge on any atom is 0.280 e. The predicted molar refractivity (Wildman–Crippen MR) is 64.5 cm³/mol. The van der Waals surface area contributed by atoms with E-state index >= 15 is 0 Å². The van der Waals surface area contributed by atoms with Gasteiger partial charge in [-0.1, -0.05) is 42.1 Å². The SMILES string of the molecule is CSc1nnc(-c2ccccc2)c(=O)n1C. The van der Waals surface area contributed by atoms with Crippen molar-refractivity contribution in [2.45, 2.75) is 5.16 Å². The molecule has 1 heterocycles. The fraction of sp³-hybridized carbons (Fsp3) is 0.182. The van der Waals surface area contributed by atoms with Crippen molar-refractivity contribution in [3.05, 3.63) is 40.7 Å². The topological polar surface area (TPSA) is 47.8 Å². The Kier molecular flexibility index (Phi) is 3.05. The van der Waals surface area contributed by atoms with Gasteiger partial charge >= 0.3 is 0 Å². The van der Waals surface area contributed by atoms with Crippen LogP contribution in [0.4, 0.5) is 0 Å². The van der Waals surface area contributed by atoms with Crippen LogP contribution in [0.15, 0.2) is 40.3 Å². The summed E-state index contributed by atoms with van der Waals surface area (Å²) >= 11 is 1.40. The van der Waals surface area contributed by atoms with Gasteiger partial charge in [0.1, 0.15) is 0 Å². The summed E-state index contributed by atoms with van der Waals surface area (Å²) in [6.07, 6.45) is 1.87. The maximum absolute atomic E-state index is 12.0. The van der Waals surface area contributed by atoms with E-state index in [9.17, 15) is 4.79 Å². The summed E-state index contributed by atoms with van der Waals surface area (Å²) in [4.78, 5) is 12.0. The number of benzene rings is 1. The molecule has 1 aromatic carbocycles. The van der Waals surface area contributed by atoms with Crippen molar-refractivity contribution < 1.29 is 0 Å². The van der Waals surface area contributed by atoms with Crippen LogP contribution in [0.3, 0.4) is 0 Å². The van der Waals surface area contributed by atoms with Crippen molar-refractivity contribution >= 4 is 11.8 Å². The van der Waals surface area contributed by atoms with Gasteiger partial charge in [0.2, 0.25) is 0 Å². The van der Waals surface area contributed by atoms with Gasteiger partial charge < -0.3 is 0 Å². The van der Waals surface area contributed by atoms with Crippen LogP contribution in [0.1, 0.15) is 0 Å². The van der Waals surface area contributed by atoms with Gasteiger partial charge in [-0.15, -0.1) is 10.2 Å². The van der Waals surface area contributed by atoms with E-state index in [2.05, 4.69) is 10.2 Å². The number of nitrogens with zero attached hydrogens (tertiary/aromatic N) is 3. The Bertz CT molecular complexity index is 551. The Morgan fingerprint density at radius 2 is 1.88 bits per heavy atom. The van der Waals surface area contributed by atoms with E-state index in [0.29, 0.717) is 10.9 Å². The van der Waals surface area contributed by atoms with Crippen LogP contribution < -0.4 is 5.56 Å². The first-order valence-corrected chi connectivity index (χ1v) is 5.99. The molecule has 0 bridgehead atoms. The lowest BCUT2D eigenvalue weighted by Crippen LogP contribution is -2.23. The van der Waals surface area contributed by atoms with E-state index in [-0.39, 0.29) is 5.56 Å². The van der Waals surface area contributed by atoms with Gasteiger partial charge in [0.05, 0.1) is 0 Å². The molecular weight excluding hydrogens is 222 g/mol. The normalized spacial score (nSPS) is 10.4. The first-order valence-electron chi connectivity index (χ1n) is 4.77. The van der Waals surface area contributed by atoms with E-state index in [0.717, 1.165) is 5.56 Å². The Morgan fingerprint density at radius 1 is 1.19 bits per heavy atom. The number of aromatic nitrogens is 3. The molecule has 0 unspecified atom stereocenters. The first kappa shape index (κ1) is 10.9. The van der Waals surface area contributed by atoms with E-state index in [1.165, 1.54) is 16.3 Å². The number of thioether (sulfide) groups is 1. The van der Waals surface area contributed by atoms with Crippen molar-refractivity contribution in [3.8, 4) is 11.3 Å². The highest BCUT2D eigenvalue weighted by molar-refractivity contribution is 7.98. The minimum absolute atomic E-state index is 0.120. The molecule has 16 heavy (non-hydrogen) atoms. The number of hydrogen-bond donors (Lipinski definition) is 0. The molecule has 0 fully saturated rings. The fourth-order valence-electron chi connectivity index (χ4n) is 1.40. The van der Waals surface area contributed by atoms with Crippen molar-refractivity contribution in [2.75, 3.05) is 6.26 Å². The fourth-order valence-corrected chi connectivity index (χ4v) is 1.88. The highest BCUT2D eigenvalue weighted by atomic mass is 32.2. The summed E-state index contributed by atoms with van der Waals surface area (Å²) < 4.78 is 1.51. The van der Waals surface area contributed by atoms with E-state index in [4.69, 9.17) is 0 Å². The van der Waals surface area contributed by atoms with Crippen molar-refractivity contribution in [3.63, 3.8) is 0 Å². The lowest BCUT2D eigenvalue weighted by Gasteiger charge is -2.05. The highest BCUT2D eigenvalue weighted by Crippen LogP contribution is 2.13. The van der Waals surface area contributed by atoms with Crippen LogP contribution >= 0.6 is 11.8 Å². The van der Waals surface area contributed by atoms with Gasteiger partial charge in [-0.2, -0.15) is 0 Å². The molecule has 0 aliphatic carbocycles. The molecule has 0 aliphatic rings. The van der Waals surface area contributed by atoms with Crippen LogP contribution in [0.2, 0.25) is 0 Å². The summed E-state index contributed by atoms with van der Waals surface area (Å²) in [5.41, 5.74) is 1.06. The van der Waals surface area contributed by atoms with Crippen LogP contribution in [0.25, 0.3) is 11.3 Å². The number of rotatable bonds is 2. The van der Waals surface area contributed by atoms with Crippen LogP contribution in [-0.2, 0) is 7.05 Å². The lowest BCUT2D eigenvalue weighted by molar-refractivity contribution is 0.667. The third-order valence-electron chi connectivity index (χ3n) is 2.26. The monoisotopic (exact) mass is 233 g/mol. The van der Waals surface area contributed by atoms with Crippen molar-refractivity contribution in [1.29, 1.82) is 0 Å². The van der Waals surface area contributed by atoms with Gasteiger partial charge in [-0.05, 0) is 6.26 Å². The summed E-state index contributed by atoms with van der Waals surface area (Å²) in [5.74, 6) is 0. The van der Waals surface area contributed by atoms with E-state index in [1.807, 2.05) is 36.6 Å². The standard InChI is InChI=1S/C11H11N3OS/c1-14-10(15)9(12-13-11(14)16-2)8-6-4-3-5-7-8/h3-7H,1-2H3. The van der Waals surface area contributed by atoms with E-state index < -0.39 is 0 Å². The summed E-state index contributed by atoms with van der Waals surface area (Å²) in [7, 11) is 1.70. The van der Waals surface area contributed by atoms with Crippen molar-refractivity contribution in [1.82, 2.24) is 14.8 Å². The molecule has 5 heteroatoms. The quantitative estimate of drug-likeness (QED) is 0.739. The summed E-state index contributed by atoms with van der Waals surface area (Å²) in [5, 5.41) is 8.60. The Labute approximate surface area is 97.3 Å². The molecule has 0 saturated carbocycles. The van der Waals surface area contributed by atoms with Crippen molar-refractivity contribution in [2.24, 2.45) is 7.05 Å². The third kappa shape index (κ3) is 1.86. The second-order valence-electron chi connectivity index (χ2n) is 3.27. The second kappa shape index (κ2) is 4.49.